The highest BCUT2D eigenvalue weighted by Gasteiger charge is 2.14. The first kappa shape index (κ1) is 18.0. The standard InChI is InChI=1S/C18H38/c1-5-9-11-14-17(8-4)16-18(13-7-3)15-12-10-6-2/h17-18H,5-16H2,1-4H3. The molecule has 0 heteroatoms. The third-order valence-electron chi connectivity index (χ3n) is 4.37. The quantitative estimate of drug-likeness (QED) is 0.311. The minimum atomic E-state index is 1.01. The second-order valence-electron chi connectivity index (χ2n) is 6.16. The van der Waals surface area contributed by atoms with E-state index in [-0.39, 0.29) is 0 Å². The van der Waals surface area contributed by atoms with E-state index in [0.717, 1.165) is 11.8 Å². The highest BCUT2D eigenvalue weighted by Crippen LogP contribution is 2.28. The van der Waals surface area contributed by atoms with Crippen LogP contribution in [0.3, 0.4) is 0 Å². The van der Waals surface area contributed by atoms with Gasteiger partial charge in [0.1, 0.15) is 0 Å². The Hall–Kier alpha value is 0. The smallest absolute Gasteiger partial charge is 0.0412 e. The molecule has 0 aliphatic carbocycles. The van der Waals surface area contributed by atoms with Crippen LogP contribution in [0.5, 0.6) is 0 Å². The van der Waals surface area contributed by atoms with Gasteiger partial charge in [-0.1, -0.05) is 98.3 Å². The van der Waals surface area contributed by atoms with Gasteiger partial charge in [0.25, 0.3) is 0 Å². The summed E-state index contributed by atoms with van der Waals surface area (Å²) in [5.74, 6) is 2.03. The van der Waals surface area contributed by atoms with Crippen LogP contribution in [-0.4, -0.2) is 0 Å². The summed E-state index contributed by atoms with van der Waals surface area (Å²) in [6, 6.07) is 0. The summed E-state index contributed by atoms with van der Waals surface area (Å²) in [4.78, 5) is 0. The van der Waals surface area contributed by atoms with Gasteiger partial charge >= 0.3 is 0 Å². The topological polar surface area (TPSA) is 0 Å². The van der Waals surface area contributed by atoms with Crippen LogP contribution in [0.4, 0.5) is 0 Å². The first-order valence-electron chi connectivity index (χ1n) is 8.78. The van der Waals surface area contributed by atoms with Gasteiger partial charge in [-0.2, -0.15) is 0 Å². The van der Waals surface area contributed by atoms with Crippen molar-refractivity contribution in [3.8, 4) is 0 Å². The minimum Gasteiger partial charge on any atom is -0.0654 e. The molecule has 0 aromatic carbocycles. The van der Waals surface area contributed by atoms with Crippen LogP contribution >= 0.6 is 0 Å². The van der Waals surface area contributed by atoms with Crippen molar-refractivity contribution in [2.45, 2.75) is 105 Å². The molecule has 0 N–H and O–H groups in total. The van der Waals surface area contributed by atoms with Gasteiger partial charge in [0.2, 0.25) is 0 Å². The second kappa shape index (κ2) is 13.4. The van der Waals surface area contributed by atoms with E-state index in [1.54, 1.807) is 0 Å². The summed E-state index contributed by atoms with van der Waals surface area (Å²) in [6.45, 7) is 9.37. The molecule has 0 aliphatic rings. The van der Waals surface area contributed by atoms with E-state index in [4.69, 9.17) is 0 Å². The lowest BCUT2D eigenvalue weighted by Gasteiger charge is -2.22. The van der Waals surface area contributed by atoms with Gasteiger partial charge in [-0.25, -0.2) is 0 Å². The number of hydrogen-bond acceptors (Lipinski definition) is 0. The van der Waals surface area contributed by atoms with E-state index in [0.29, 0.717) is 0 Å². The molecule has 0 aromatic heterocycles. The molecule has 0 aliphatic heterocycles. The molecule has 0 aromatic rings. The molecule has 110 valence electrons. The molecular formula is C18H38. The zero-order valence-corrected chi connectivity index (χ0v) is 13.6. The second-order valence-corrected chi connectivity index (χ2v) is 6.16. The number of hydrogen-bond donors (Lipinski definition) is 0. The van der Waals surface area contributed by atoms with Crippen molar-refractivity contribution < 1.29 is 0 Å². The van der Waals surface area contributed by atoms with Gasteiger partial charge in [-0.15, -0.1) is 0 Å². The lowest BCUT2D eigenvalue weighted by Crippen LogP contribution is -2.09. The van der Waals surface area contributed by atoms with Crippen LogP contribution in [0, 0.1) is 11.8 Å². The van der Waals surface area contributed by atoms with Crippen LogP contribution in [-0.2, 0) is 0 Å². The molecule has 0 saturated heterocycles. The average molecular weight is 255 g/mol. The molecule has 0 nitrogen and oxygen atoms in total. The lowest BCUT2D eigenvalue weighted by molar-refractivity contribution is 0.300. The number of unbranched alkanes of at least 4 members (excludes halogenated alkanes) is 4. The van der Waals surface area contributed by atoms with E-state index < -0.39 is 0 Å². The van der Waals surface area contributed by atoms with Gasteiger partial charge in [-0.05, 0) is 18.3 Å². The van der Waals surface area contributed by atoms with Gasteiger partial charge in [0, 0.05) is 0 Å². The normalized spacial score (nSPS) is 14.7. The van der Waals surface area contributed by atoms with E-state index in [1.165, 1.54) is 77.0 Å². The summed E-state index contributed by atoms with van der Waals surface area (Å²) >= 11 is 0. The monoisotopic (exact) mass is 254 g/mol. The summed E-state index contributed by atoms with van der Waals surface area (Å²) < 4.78 is 0. The number of rotatable bonds is 13. The molecule has 0 amide bonds. The largest absolute Gasteiger partial charge is 0.0654 e. The SMILES string of the molecule is CCCCCC(CC)CC(CCC)CCCCC. The predicted octanol–water partition coefficient (Wildman–Crippen LogP) is 6.98. The third-order valence-corrected chi connectivity index (χ3v) is 4.37. The van der Waals surface area contributed by atoms with Gasteiger partial charge in [0.15, 0.2) is 0 Å². The molecule has 0 bridgehead atoms. The van der Waals surface area contributed by atoms with E-state index in [1.807, 2.05) is 0 Å². The van der Waals surface area contributed by atoms with Crippen LogP contribution in [0.15, 0.2) is 0 Å². The third kappa shape index (κ3) is 9.97. The summed E-state index contributed by atoms with van der Waals surface area (Å²) in [7, 11) is 0. The molecule has 0 fully saturated rings. The maximum Gasteiger partial charge on any atom is -0.0412 e. The molecule has 0 rings (SSSR count). The Morgan fingerprint density at radius 1 is 0.556 bits per heavy atom. The summed E-state index contributed by atoms with van der Waals surface area (Å²) in [6.07, 6.45) is 17.3. The first-order valence-corrected chi connectivity index (χ1v) is 8.78. The molecule has 2 atom stereocenters. The fourth-order valence-electron chi connectivity index (χ4n) is 3.11. The maximum atomic E-state index is 2.39. The van der Waals surface area contributed by atoms with Crippen molar-refractivity contribution in [1.82, 2.24) is 0 Å². The van der Waals surface area contributed by atoms with E-state index in [9.17, 15) is 0 Å². The molecule has 0 radical (unpaired) electrons. The molecule has 0 spiro atoms. The van der Waals surface area contributed by atoms with Crippen molar-refractivity contribution in [3.63, 3.8) is 0 Å². The fraction of sp³-hybridized carbons (Fsp3) is 1.00. The van der Waals surface area contributed by atoms with Crippen molar-refractivity contribution >= 4 is 0 Å². The maximum absolute atomic E-state index is 2.39. The molecule has 2 unspecified atom stereocenters. The van der Waals surface area contributed by atoms with Crippen LogP contribution < -0.4 is 0 Å². The Morgan fingerprint density at radius 3 is 1.56 bits per heavy atom. The van der Waals surface area contributed by atoms with Crippen LogP contribution in [0.2, 0.25) is 0 Å². The Morgan fingerprint density at radius 2 is 1.11 bits per heavy atom. The Balaban J connectivity index is 3.91. The minimum absolute atomic E-state index is 1.01. The summed E-state index contributed by atoms with van der Waals surface area (Å²) in [5, 5.41) is 0. The van der Waals surface area contributed by atoms with Crippen LogP contribution in [0.1, 0.15) is 105 Å². The zero-order valence-electron chi connectivity index (χ0n) is 13.6. The lowest BCUT2D eigenvalue weighted by atomic mass is 9.84. The molecule has 0 heterocycles. The highest BCUT2D eigenvalue weighted by molar-refractivity contribution is 4.66. The van der Waals surface area contributed by atoms with E-state index in [2.05, 4.69) is 27.7 Å². The molecule has 0 saturated carbocycles. The predicted molar refractivity (Wildman–Crippen MR) is 85.1 cm³/mol. The summed E-state index contributed by atoms with van der Waals surface area (Å²) in [5.41, 5.74) is 0. The van der Waals surface area contributed by atoms with Crippen molar-refractivity contribution in [3.05, 3.63) is 0 Å². The van der Waals surface area contributed by atoms with Gasteiger partial charge in [0.05, 0.1) is 0 Å². The average Bonchev–Trinajstić information content (AvgIpc) is 2.38. The van der Waals surface area contributed by atoms with Gasteiger partial charge in [-0.3, -0.25) is 0 Å². The Kier molecular flexibility index (Phi) is 13.4. The van der Waals surface area contributed by atoms with Crippen molar-refractivity contribution in [2.75, 3.05) is 0 Å². The van der Waals surface area contributed by atoms with E-state index >= 15 is 0 Å². The van der Waals surface area contributed by atoms with Gasteiger partial charge < -0.3 is 0 Å². The zero-order chi connectivity index (χ0) is 13.6. The van der Waals surface area contributed by atoms with Crippen molar-refractivity contribution in [1.29, 1.82) is 0 Å². The van der Waals surface area contributed by atoms with Crippen molar-refractivity contribution in [2.24, 2.45) is 11.8 Å². The Bertz CT molecular complexity index is 150. The highest BCUT2D eigenvalue weighted by atomic mass is 14.2. The fourth-order valence-corrected chi connectivity index (χ4v) is 3.11. The first-order chi connectivity index (χ1) is 8.78. The molecule has 18 heavy (non-hydrogen) atoms. The Labute approximate surface area is 117 Å². The van der Waals surface area contributed by atoms with Crippen LogP contribution in [0.25, 0.3) is 0 Å². The molecular weight excluding hydrogens is 216 g/mol.